The van der Waals surface area contributed by atoms with E-state index < -0.39 is 0 Å². The lowest BCUT2D eigenvalue weighted by molar-refractivity contribution is 0.320. The molecular formula is C15H19NO3S. The molecule has 2 aromatic rings. The summed E-state index contributed by atoms with van der Waals surface area (Å²) in [5.74, 6) is 1.97. The van der Waals surface area contributed by atoms with E-state index in [9.17, 15) is 0 Å². The van der Waals surface area contributed by atoms with Gasteiger partial charge in [-0.05, 0) is 41.6 Å². The molecule has 1 heterocycles. The Morgan fingerprint density at radius 2 is 1.75 bits per heavy atom. The minimum Gasteiger partial charge on any atom is -0.493 e. The molecule has 4 nitrogen and oxygen atoms in total. The Balaban J connectivity index is 2.55. The molecule has 108 valence electrons. The van der Waals surface area contributed by atoms with E-state index in [-0.39, 0.29) is 6.04 Å². The van der Waals surface area contributed by atoms with E-state index in [4.69, 9.17) is 14.2 Å². The molecule has 0 aliphatic heterocycles. The van der Waals surface area contributed by atoms with Crippen molar-refractivity contribution in [3.05, 3.63) is 40.1 Å². The maximum atomic E-state index is 5.55. The standard InChI is InChI=1S/C15H19NO3S/c1-16-13(10-7-8-20-9-10)11-5-6-12(17-2)15(19-4)14(11)18-3/h5-9,13,16H,1-4H3. The summed E-state index contributed by atoms with van der Waals surface area (Å²) in [5.41, 5.74) is 2.22. The summed E-state index contributed by atoms with van der Waals surface area (Å²) < 4.78 is 16.3. The fourth-order valence-electron chi connectivity index (χ4n) is 2.29. The van der Waals surface area contributed by atoms with Gasteiger partial charge < -0.3 is 19.5 Å². The second-order valence-corrected chi connectivity index (χ2v) is 4.98. The number of hydrogen-bond donors (Lipinski definition) is 1. The lowest BCUT2D eigenvalue weighted by Crippen LogP contribution is -2.18. The lowest BCUT2D eigenvalue weighted by atomic mass is 9.99. The van der Waals surface area contributed by atoms with Crippen molar-refractivity contribution in [2.75, 3.05) is 28.4 Å². The van der Waals surface area contributed by atoms with Gasteiger partial charge in [0.15, 0.2) is 11.5 Å². The smallest absolute Gasteiger partial charge is 0.203 e. The summed E-state index contributed by atoms with van der Waals surface area (Å²) in [7, 11) is 6.80. The normalized spacial score (nSPS) is 12.0. The number of benzene rings is 1. The van der Waals surface area contributed by atoms with Gasteiger partial charge in [0.05, 0.1) is 27.4 Å². The van der Waals surface area contributed by atoms with Gasteiger partial charge in [-0.3, -0.25) is 0 Å². The number of rotatable bonds is 6. The van der Waals surface area contributed by atoms with Gasteiger partial charge >= 0.3 is 0 Å². The second kappa shape index (κ2) is 6.63. The minimum absolute atomic E-state index is 0.0519. The number of nitrogens with one attached hydrogen (secondary N) is 1. The van der Waals surface area contributed by atoms with Crippen molar-refractivity contribution in [3.8, 4) is 17.2 Å². The molecule has 20 heavy (non-hydrogen) atoms. The first-order valence-electron chi connectivity index (χ1n) is 6.25. The molecule has 0 aliphatic carbocycles. The molecule has 1 N–H and O–H groups in total. The molecule has 1 unspecified atom stereocenters. The molecule has 1 aromatic carbocycles. The van der Waals surface area contributed by atoms with Gasteiger partial charge in [-0.15, -0.1) is 0 Å². The van der Waals surface area contributed by atoms with E-state index in [0.717, 1.165) is 5.56 Å². The van der Waals surface area contributed by atoms with Crippen molar-refractivity contribution < 1.29 is 14.2 Å². The van der Waals surface area contributed by atoms with Crippen molar-refractivity contribution in [1.29, 1.82) is 0 Å². The van der Waals surface area contributed by atoms with Gasteiger partial charge in [0.2, 0.25) is 5.75 Å². The zero-order chi connectivity index (χ0) is 14.5. The highest BCUT2D eigenvalue weighted by atomic mass is 32.1. The third kappa shape index (κ3) is 2.59. The molecule has 5 heteroatoms. The van der Waals surface area contributed by atoms with Crippen LogP contribution in [0, 0.1) is 0 Å². The third-order valence-corrected chi connectivity index (χ3v) is 3.91. The molecule has 1 atom stereocenters. The Bertz CT molecular complexity index is 554. The molecule has 0 bridgehead atoms. The minimum atomic E-state index is 0.0519. The zero-order valence-electron chi connectivity index (χ0n) is 12.1. The summed E-state index contributed by atoms with van der Waals surface area (Å²) >= 11 is 1.67. The Kier molecular flexibility index (Phi) is 4.87. The van der Waals surface area contributed by atoms with Crippen LogP contribution in [-0.4, -0.2) is 28.4 Å². The SMILES string of the molecule is CNC(c1ccsc1)c1ccc(OC)c(OC)c1OC. The average Bonchev–Trinajstić information content (AvgIpc) is 3.01. The lowest BCUT2D eigenvalue weighted by Gasteiger charge is -2.21. The number of ether oxygens (including phenoxy) is 3. The summed E-state index contributed by atoms with van der Waals surface area (Å²) in [6.07, 6.45) is 0. The monoisotopic (exact) mass is 293 g/mol. The van der Waals surface area contributed by atoms with Crippen molar-refractivity contribution in [1.82, 2.24) is 5.32 Å². The molecule has 0 saturated carbocycles. The van der Waals surface area contributed by atoms with Crippen LogP contribution in [0.2, 0.25) is 0 Å². The van der Waals surface area contributed by atoms with Crippen molar-refractivity contribution in [2.45, 2.75) is 6.04 Å². The predicted octanol–water partition coefficient (Wildman–Crippen LogP) is 3.08. The molecule has 0 fully saturated rings. The van der Waals surface area contributed by atoms with Crippen LogP contribution in [0.5, 0.6) is 17.2 Å². The topological polar surface area (TPSA) is 39.7 Å². The summed E-state index contributed by atoms with van der Waals surface area (Å²) in [5, 5.41) is 7.50. The van der Waals surface area contributed by atoms with Crippen LogP contribution in [-0.2, 0) is 0 Å². The van der Waals surface area contributed by atoms with Gasteiger partial charge in [-0.1, -0.05) is 0 Å². The molecular weight excluding hydrogens is 274 g/mol. The van der Waals surface area contributed by atoms with E-state index in [2.05, 4.69) is 22.1 Å². The van der Waals surface area contributed by atoms with Gasteiger partial charge in [-0.2, -0.15) is 11.3 Å². The van der Waals surface area contributed by atoms with Crippen molar-refractivity contribution in [2.24, 2.45) is 0 Å². The van der Waals surface area contributed by atoms with E-state index >= 15 is 0 Å². The maximum Gasteiger partial charge on any atom is 0.203 e. The zero-order valence-corrected chi connectivity index (χ0v) is 12.9. The Morgan fingerprint density at radius 3 is 2.25 bits per heavy atom. The van der Waals surface area contributed by atoms with Crippen LogP contribution in [0.25, 0.3) is 0 Å². The number of thiophene rings is 1. The van der Waals surface area contributed by atoms with Gasteiger partial charge in [-0.25, -0.2) is 0 Å². The van der Waals surface area contributed by atoms with Crippen LogP contribution in [0.15, 0.2) is 29.0 Å². The fraction of sp³-hybridized carbons (Fsp3) is 0.333. The van der Waals surface area contributed by atoms with Crippen LogP contribution < -0.4 is 19.5 Å². The molecule has 0 spiro atoms. The Morgan fingerprint density at radius 1 is 1.00 bits per heavy atom. The van der Waals surface area contributed by atoms with Crippen LogP contribution >= 0.6 is 11.3 Å². The Hall–Kier alpha value is -1.72. The quantitative estimate of drug-likeness (QED) is 0.888. The van der Waals surface area contributed by atoms with E-state index in [0.29, 0.717) is 17.2 Å². The summed E-state index contributed by atoms with van der Waals surface area (Å²) in [4.78, 5) is 0. The molecule has 0 aliphatic rings. The van der Waals surface area contributed by atoms with Crippen molar-refractivity contribution in [3.63, 3.8) is 0 Å². The van der Waals surface area contributed by atoms with Gasteiger partial charge in [0.1, 0.15) is 0 Å². The maximum absolute atomic E-state index is 5.55. The number of methoxy groups -OCH3 is 3. The largest absolute Gasteiger partial charge is 0.493 e. The second-order valence-electron chi connectivity index (χ2n) is 4.20. The fourth-order valence-corrected chi connectivity index (χ4v) is 2.98. The van der Waals surface area contributed by atoms with E-state index in [1.165, 1.54) is 5.56 Å². The molecule has 0 saturated heterocycles. The first kappa shape index (κ1) is 14.7. The third-order valence-electron chi connectivity index (χ3n) is 3.21. The van der Waals surface area contributed by atoms with Crippen LogP contribution in [0.3, 0.4) is 0 Å². The van der Waals surface area contributed by atoms with Gasteiger partial charge in [0.25, 0.3) is 0 Å². The first-order chi connectivity index (χ1) is 9.76. The predicted molar refractivity (Wildman–Crippen MR) is 81.3 cm³/mol. The molecule has 0 amide bonds. The van der Waals surface area contributed by atoms with E-state index in [1.54, 1.807) is 32.7 Å². The van der Waals surface area contributed by atoms with Crippen molar-refractivity contribution >= 4 is 11.3 Å². The highest BCUT2D eigenvalue weighted by molar-refractivity contribution is 7.08. The van der Waals surface area contributed by atoms with Crippen LogP contribution in [0.1, 0.15) is 17.2 Å². The molecule has 1 aromatic heterocycles. The average molecular weight is 293 g/mol. The van der Waals surface area contributed by atoms with Crippen LogP contribution in [0.4, 0.5) is 0 Å². The number of hydrogen-bond acceptors (Lipinski definition) is 5. The summed E-state index contributed by atoms with van der Waals surface area (Å²) in [6, 6.07) is 6.05. The van der Waals surface area contributed by atoms with Gasteiger partial charge in [0, 0.05) is 5.56 Å². The Labute approximate surface area is 123 Å². The highest BCUT2D eigenvalue weighted by Gasteiger charge is 2.22. The molecule has 2 rings (SSSR count). The summed E-state index contributed by atoms with van der Waals surface area (Å²) in [6.45, 7) is 0. The molecule has 0 radical (unpaired) electrons. The van der Waals surface area contributed by atoms with E-state index in [1.807, 2.05) is 19.2 Å². The first-order valence-corrected chi connectivity index (χ1v) is 7.19. The highest BCUT2D eigenvalue weighted by Crippen LogP contribution is 2.43.